The van der Waals surface area contributed by atoms with Gasteiger partial charge in [-0.05, 0) is 51.2 Å². The van der Waals surface area contributed by atoms with Crippen LogP contribution in [0.5, 0.6) is 0 Å². The first kappa shape index (κ1) is 18.1. The van der Waals surface area contributed by atoms with Crippen molar-refractivity contribution in [3.8, 4) is 5.69 Å². The molecule has 1 heterocycles. The van der Waals surface area contributed by atoms with Crippen LogP contribution in [0.15, 0.2) is 24.3 Å². The van der Waals surface area contributed by atoms with E-state index >= 15 is 0 Å². The predicted molar refractivity (Wildman–Crippen MR) is 93.1 cm³/mol. The molecule has 2 aromatic rings. The molecular weight excluding hydrogens is 307 g/mol. The van der Waals surface area contributed by atoms with Crippen molar-refractivity contribution in [3.63, 3.8) is 0 Å². The van der Waals surface area contributed by atoms with E-state index in [4.69, 9.17) is 0 Å². The summed E-state index contributed by atoms with van der Waals surface area (Å²) < 4.78 is 14.8. The minimum absolute atomic E-state index is 0.120. The van der Waals surface area contributed by atoms with Crippen LogP contribution in [0.1, 0.15) is 35.6 Å². The first-order valence-corrected chi connectivity index (χ1v) is 8.30. The molecule has 0 radical (unpaired) electrons. The fraction of sp³-hybridized carbons (Fsp3) is 0.444. The van der Waals surface area contributed by atoms with Crippen LogP contribution in [0.2, 0.25) is 0 Å². The number of carbonyl (C=O) groups excluding carboxylic acids is 1. The number of aromatic nitrogens is 2. The molecular formula is C18H25FN4O. The van der Waals surface area contributed by atoms with E-state index in [1.54, 1.807) is 16.8 Å². The highest BCUT2D eigenvalue weighted by molar-refractivity contribution is 5.96. The van der Waals surface area contributed by atoms with E-state index in [9.17, 15) is 9.18 Å². The minimum Gasteiger partial charge on any atom is -0.351 e. The molecule has 0 fully saturated rings. The van der Waals surface area contributed by atoms with Gasteiger partial charge in [-0.25, -0.2) is 9.07 Å². The second-order valence-corrected chi connectivity index (χ2v) is 5.72. The summed E-state index contributed by atoms with van der Waals surface area (Å²) in [7, 11) is 0. The number of hydrogen-bond acceptors (Lipinski definition) is 3. The van der Waals surface area contributed by atoms with Crippen LogP contribution in [0.25, 0.3) is 5.69 Å². The van der Waals surface area contributed by atoms with Gasteiger partial charge in [-0.3, -0.25) is 4.79 Å². The van der Waals surface area contributed by atoms with Gasteiger partial charge in [0.05, 0.1) is 22.6 Å². The lowest BCUT2D eigenvalue weighted by atomic mass is 10.2. The van der Waals surface area contributed by atoms with E-state index in [-0.39, 0.29) is 11.7 Å². The number of amides is 1. The third-order valence-corrected chi connectivity index (χ3v) is 4.20. The highest BCUT2D eigenvalue weighted by atomic mass is 19.1. The highest BCUT2D eigenvalue weighted by Gasteiger charge is 2.19. The Bertz CT molecular complexity index is 690. The highest BCUT2D eigenvalue weighted by Crippen LogP contribution is 2.18. The molecule has 0 aliphatic carbocycles. The van der Waals surface area contributed by atoms with E-state index in [0.29, 0.717) is 17.8 Å². The molecule has 0 saturated heterocycles. The smallest absolute Gasteiger partial charge is 0.255 e. The number of nitrogens with zero attached hydrogens (tertiary/aromatic N) is 3. The van der Waals surface area contributed by atoms with E-state index < -0.39 is 0 Å². The Hall–Kier alpha value is -2.21. The molecule has 0 saturated carbocycles. The second-order valence-electron chi connectivity index (χ2n) is 5.72. The maximum absolute atomic E-state index is 13.1. The number of rotatable bonds is 7. The molecule has 130 valence electrons. The quantitative estimate of drug-likeness (QED) is 0.848. The van der Waals surface area contributed by atoms with Crippen LogP contribution in [0, 0.1) is 19.7 Å². The van der Waals surface area contributed by atoms with Gasteiger partial charge in [0.1, 0.15) is 5.82 Å². The summed E-state index contributed by atoms with van der Waals surface area (Å²) in [5.41, 5.74) is 2.73. The number of benzene rings is 1. The molecule has 6 heteroatoms. The Balaban J connectivity index is 2.13. The average molecular weight is 332 g/mol. The van der Waals surface area contributed by atoms with Crippen LogP contribution >= 0.6 is 0 Å². The summed E-state index contributed by atoms with van der Waals surface area (Å²) in [5, 5.41) is 7.39. The molecule has 5 nitrogen and oxygen atoms in total. The molecule has 1 aromatic carbocycles. The lowest BCUT2D eigenvalue weighted by Gasteiger charge is -2.18. The van der Waals surface area contributed by atoms with E-state index in [2.05, 4.69) is 29.2 Å². The summed E-state index contributed by atoms with van der Waals surface area (Å²) in [6.07, 6.45) is 0. The number of likely N-dealkylation sites (N-methyl/N-ethyl adjacent to an activating group) is 1. The Labute approximate surface area is 142 Å². The van der Waals surface area contributed by atoms with Crippen LogP contribution < -0.4 is 5.32 Å². The van der Waals surface area contributed by atoms with E-state index in [1.807, 2.05) is 13.8 Å². The van der Waals surface area contributed by atoms with Gasteiger partial charge in [0.2, 0.25) is 0 Å². The molecule has 24 heavy (non-hydrogen) atoms. The largest absolute Gasteiger partial charge is 0.351 e. The molecule has 0 aliphatic rings. The van der Waals surface area contributed by atoms with Crippen molar-refractivity contribution >= 4 is 5.91 Å². The second kappa shape index (κ2) is 8.06. The van der Waals surface area contributed by atoms with Gasteiger partial charge < -0.3 is 10.2 Å². The van der Waals surface area contributed by atoms with E-state index in [0.717, 1.165) is 31.0 Å². The SMILES string of the molecule is CCN(CC)CCNC(=O)c1c(C)nn(-c2ccc(F)cc2)c1C. The van der Waals surface area contributed by atoms with Crippen molar-refractivity contribution in [1.82, 2.24) is 20.0 Å². The van der Waals surface area contributed by atoms with Gasteiger partial charge in [0, 0.05) is 13.1 Å². The summed E-state index contributed by atoms with van der Waals surface area (Å²) in [6, 6.07) is 6.07. The molecule has 0 bridgehead atoms. The fourth-order valence-corrected chi connectivity index (χ4v) is 2.76. The number of halogens is 1. The molecule has 0 unspecified atom stereocenters. The number of hydrogen-bond donors (Lipinski definition) is 1. The predicted octanol–water partition coefficient (Wildman–Crippen LogP) is 2.70. The van der Waals surface area contributed by atoms with Gasteiger partial charge in [0.25, 0.3) is 5.91 Å². The summed E-state index contributed by atoms with van der Waals surface area (Å²) in [5.74, 6) is -0.417. The molecule has 0 atom stereocenters. The summed E-state index contributed by atoms with van der Waals surface area (Å²) in [4.78, 5) is 14.8. The Morgan fingerprint density at radius 1 is 1.21 bits per heavy atom. The van der Waals surface area contributed by atoms with Gasteiger partial charge >= 0.3 is 0 Å². The molecule has 2 rings (SSSR count). The Morgan fingerprint density at radius 2 is 1.83 bits per heavy atom. The van der Waals surface area contributed by atoms with Crippen molar-refractivity contribution in [1.29, 1.82) is 0 Å². The maximum Gasteiger partial charge on any atom is 0.255 e. The van der Waals surface area contributed by atoms with Crippen LogP contribution in [0.3, 0.4) is 0 Å². The third kappa shape index (κ3) is 4.00. The molecule has 0 spiro atoms. The number of aryl methyl sites for hydroxylation is 1. The van der Waals surface area contributed by atoms with Crippen LogP contribution in [0.4, 0.5) is 4.39 Å². The lowest BCUT2D eigenvalue weighted by Crippen LogP contribution is -2.35. The molecule has 1 N–H and O–H groups in total. The average Bonchev–Trinajstić information content (AvgIpc) is 2.87. The lowest BCUT2D eigenvalue weighted by molar-refractivity contribution is 0.0947. The van der Waals surface area contributed by atoms with Crippen LogP contribution in [-0.2, 0) is 0 Å². The van der Waals surface area contributed by atoms with Crippen molar-refractivity contribution < 1.29 is 9.18 Å². The first-order valence-electron chi connectivity index (χ1n) is 8.30. The van der Waals surface area contributed by atoms with Crippen molar-refractivity contribution in [2.75, 3.05) is 26.2 Å². The molecule has 1 aromatic heterocycles. The van der Waals surface area contributed by atoms with Gasteiger partial charge in [-0.2, -0.15) is 5.10 Å². The van der Waals surface area contributed by atoms with Crippen molar-refractivity contribution in [3.05, 3.63) is 47.0 Å². The maximum atomic E-state index is 13.1. The van der Waals surface area contributed by atoms with Gasteiger partial charge in [0.15, 0.2) is 0 Å². The first-order chi connectivity index (χ1) is 11.5. The molecule has 1 amide bonds. The Kier molecular flexibility index (Phi) is 6.09. The van der Waals surface area contributed by atoms with Gasteiger partial charge in [-0.1, -0.05) is 13.8 Å². The zero-order chi connectivity index (χ0) is 17.7. The third-order valence-electron chi connectivity index (χ3n) is 4.20. The topological polar surface area (TPSA) is 50.2 Å². The van der Waals surface area contributed by atoms with Crippen molar-refractivity contribution in [2.24, 2.45) is 0 Å². The standard InChI is InChI=1S/C18H25FN4O/c1-5-22(6-2)12-11-20-18(24)17-13(3)21-23(14(17)4)16-9-7-15(19)8-10-16/h7-10H,5-6,11-12H2,1-4H3,(H,20,24). The van der Waals surface area contributed by atoms with Crippen molar-refractivity contribution in [2.45, 2.75) is 27.7 Å². The zero-order valence-corrected chi connectivity index (χ0v) is 14.8. The monoisotopic (exact) mass is 332 g/mol. The summed E-state index contributed by atoms with van der Waals surface area (Å²) >= 11 is 0. The van der Waals surface area contributed by atoms with Gasteiger partial charge in [-0.15, -0.1) is 0 Å². The number of carbonyl (C=O) groups is 1. The fourth-order valence-electron chi connectivity index (χ4n) is 2.76. The van der Waals surface area contributed by atoms with Crippen LogP contribution in [-0.4, -0.2) is 46.8 Å². The molecule has 0 aliphatic heterocycles. The number of nitrogens with one attached hydrogen (secondary N) is 1. The Morgan fingerprint density at radius 3 is 2.42 bits per heavy atom. The summed E-state index contributed by atoms with van der Waals surface area (Å²) in [6.45, 7) is 11.2. The normalized spacial score (nSPS) is 11.1. The minimum atomic E-state index is -0.297. The zero-order valence-electron chi connectivity index (χ0n) is 14.8. The van der Waals surface area contributed by atoms with E-state index in [1.165, 1.54) is 12.1 Å².